The summed E-state index contributed by atoms with van der Waals surface area (Å²) in [6.07, 6.45) is 5.74. The van der Waals surface area contributed by atoms with Gasteiger partial charge < -0.3 is 19.9 Å². The first-order valence-corrected chi connectivity index (χ1v) is 9.24. The Hall–Kier alpha value is -2.62. The van der Waals surface area contributed by atoms with Crippen LogP contribution in [0.3, 0.4) is 0 Å². The summed E-state index contributed by atoms with van der Waals surface area (Å²) in [5, 5.41) is 6.56. The van der Waals surface area contributed by atoms with Crippen LogP contribution in [0.4, 0.5) is 4.39 Å². The van der Waals surface area contributed by atoms with E-state index in [1.165, 1.54) is 12.1 Å². The number of pyridine rings is 1. The van der Waals surface area contributed by atoms with Gasteiger partial charge in [-0.25, -0.2) is 14.4 Å². The second-order valence-corrected chi connectivity index (χ2v) is 6.10. The van der Waals surface area contributed by atoms with Crippen LogP contribution in [0.2, 0.25) is 0 Å². The van der Waals surface area contributed by atoms with Gasteiger partial charge in [0.2, 0.25) is 5.88 Å². The molecule has 0 bridgehead atoms. The molecule has 0 fully saturated rings. The fourth-order valence-electron chi connectivity index (χ4n) is 2.56. The summed E-state index contributed by atoms with van der Waals surface area (Å²) >= 11 is 0. The molecule has 0 saturated heterocycles. The molecule has 2 heterocycles. The van der Waals surface area contributed by atoms with Gasteiger partial charge >= 0.3 is 0 Å². The van der Waals surface area contributed by atoms with Gasteiger partial charge in [0, 0.05) is 44.3 Å². The van der Waals surface area contributed by atoms with Crippen molar-refractivity contribution < 1.29 is 9.13 Å². The summed E-state index contributed by atoms with van der Waals surface area (Å²) in [4.78, 5) is 8.81. The maximum atomic E-state index is 13.0. The van der Waals surface area contributed by atoms with E-state index >= 15 is 0 Å². The van der Waals surface area contributed by atoms with Crippen molar-refractivity contribution in [3.63, 3.8) is 0 Å². The highest BCUT2D eigenvalue weighted by atomic mass is 127. The lowest BCUT2D eigenvalue weighted by Gasteiger charge is -2.12. The SMILES string of the molecule is CCNC(=NCc1ccnc(Oc2ccc(F)cc2)c1)NCCn1cccc1.I. The van der Waals surface area contributed by atoms with E-state index in [1.807, 2.05) is 43.6 Å². The van der Waals surface area contributed by atoms with E-state index in [4.69, 9.17) is 4.74 Å². The Bertz CT molecular complexity index is 884. The number of guanidine groups is 1. The molecule has 0 spiro atoms. The molecule has 0 amide bonds. The highest BCUT2D eigenvalue weighted by molar-refractivity contribution is 14.0. The van der Waals surface area contributed by atoms with Gasteiger partial charge in [0.25, 0.3) is 0 Å². The molecule has 0 unspecified atom stereocenters. The molecule has 3 rings (SSSR count). The van der Waals surface area contributed by atoms with Crippen LogP contribution in [-0.2, 0) is 13.1 Å². The topological polar surface area (TPSA) is 63.5 Å². The van der Waals surface area contributed by atoms with E-state index in [0.29, 0.717) is 18.2 Å². The van der Waals surface area contributed by atoms with Crippen LogP contribution in [0, 0.1) is 5.82 Å². The summed E-state index contributed by atoms with van der Waals surface area (Å²) in [5.41, 5.74) is 0.967. The molecule has 0 radical (unpaired) electrons. The van der Waals surface area contributed by atoms with Crippen molar-refractivity contribution in [2.24, 2.45) is 4.99 Å². The normalized spacial score (nSPS) is 10.9. The molecule has 8 heteroatoms. The molecule has 0 aliphatic carbocycles. The number of rotatable bonds is 8. The van der Waals surface area contributed by atoms with Crippen LogP contribution in [0.15, 0.2) is 72.1 Å². The van der Waals surface area contributed by atoms with Gasteiger partial charge in [-0.2, -0.15) is 0 Å². The van der Waals surface area contributed by atoms with Crippen LogP contribution >= 0.6 is 24.0 Å². The molecule has 0 aliphatic heterocycles. The highest BCUT2D eigenvalue weighted by Gasteiger charge is 2.02. The third kappa shape index (κ3) is 7.72. The second-order valence-electron chi connectivity index (χ2n) is 6.10. The quantitative estimate of drug-likeness (QED) is 0.272. The Morgan fingerprint density at radius 1 is 1.14 bits per heavy atom. The fraction of sp³-hybridized carbons (Fsp3) is 0.238. The molecule has 1 aromatic carbocycles. The Balaban J connectivity index is 0.00000300. The van der Waals surface area contributed by atoms with Crippen molar-refractivity contribution in [1.82, 2.24) is 20.2 Å². The van der Waals surface area contributed by atoms with Crippen LogP contribution in [0.5, 0.6) is 11.6 Å². The van der Waals surface area contributed by atoms with Crippen LogP contribution in [-0.4, -0.2) is 28.6 Å². The summed E-state index contributed by atoms with van der Waals surface area (Å²) in [7, 11) is 0. The van der Waals surface area contributed by atoms with Crippen LogP contribution in [0.25, 0.3) is 0 Å². The predicted octanol–water partition coefficient (Wildman–Crippen LogP) is 4.19. The number of nitrogens with zero attached hydrogens (tertiary/aromatic N) is 3. The first kappa shape index (κ1) is 22.7. The smallest absolute Gasteiger partial charge is 0.219 e. The molecule has 2 N–H and O–H groups in total. The summed E-state index contributed by atoms with van der Waals surface area (Å²) in [6.45, 7) is 4.94. The minimum atomic E-state index is -0.302. The van der Waals surface area contributed by atoms with Crippen molar-refractivity contribution in [3.8, 4) is 11.6 Å². The monoisotopic (exact) mass is 509 g/mol. The second kappa shape index (κ2) is 12.1. The molecule has 29 heavy (non-hydrogen) atoms. The Morgan fingerprint density at radius 3 is 2.62 bits per heavy atom. The molecule has 3 aromatic rings. The third-order valence-corrected chi connectivity index (χ3v) is 3.93. The number of aliphatic imine (C=N–C) groups is 1. The predicted molar refractivity (Wildman–Crippen MR) is 123 cm³/mol. The lowest BCUT2D eigenvalue weighted by atomic mass is 10.2. The van der Waals surface area contributed by atoms with Crippen molar-refractivity contribution in [2.45, 2.75) is 20.0 Å². The number of ether oxygens (including phenoxy) is 1. The van der Waals surface area contributed by atoms with Gasteiger partial charge in [-0.3, -0.25) is 0 Å². The van der Waals surface area contributed by atoms with Crippen molar-refractivity contribution in [2.75, 3.05) is 13.1 Å². The van der Waals surface area contributed by atoms with Crippen molar-refractivity contribution >= 4 is 29.9 Å². The molecule has 0 atom stereocenters. The standard InChI is InChI=1S/C21H24FN5O.HI/c1-2-23-21(25-11-14-27-12-3-4-13-27)26-16-17-9-10-24-20(15-17)28-19-7-5-18(22)6-8-19;/h3-10,12-13,15H,2,11,14,16H2,1H3,(H2,23,25,26);1H. The molecule has 0 aliphatic rings. The third-order valence-electron chi connectivity index (χ3n) is 3.93. The molecule has 6 nitrogen and oxygen atoms in total. The maximum Gasteiger partial charge on any atom is 0.219 e. The zero-order chi connectivity index (χ0) is 19.6. The Labute approximate surface area is 187 Å². The number of aromatic nitrogens is 2. The number of benzene rings is 1. The lowest BCUT2D eigenvalue weighted by molar-refractivity contribution is 0.460. The number of hydrogen-bond donors (Lipinski definition) is 2. The zero-order valence-corrected chi connectivity index (χ0v) is 18.5. The van der Waals surface area contributed by atoms with Gasteiger partial charge in [0.05, 0.1) is 6.54 Å². The van der Waals surface area contributed by atoms with Crippen molar-refractivity contribution in [3.05, 3.63) is 78.5 Å². The minimum Gasteiger partial charge on any atom is -0.439 e. The van der Waals surface area contributed by atoms with Gasteiger partial charge in [0.1, 0.15) is 11.6 Å². The fourth-order valence-corrected chi connectivity index (χ4v) is 2.56. The molecular formula is C21H25FIN5O. The van der Waals surface area contributed by atoms with Gasteiger partial charge in [-0.1, -0.05) is 0 Å². The first-order valence-electron chi connectivity index (χ1n) is 9.24. The molecule has 2 aromatic heterocycles. The van der Waals surface area contributed by atoms with E-state index in [0.717, 1.165) is 31.2 Å². The van der Waals surface area contributed by atoms with E-state index in [2.05, 4.69) is 25.2 Å². The summed E-state index contributed by atoms with van der Waals surface area (Å²) in [5.74, 6) is 1.44. The van der Waals surface area contributed by atoms with E-state index in [1.54, 1.807) is 18.3 Å². The number of halogens is 2. The molecule has 154 valence electrons. The summed E-state index contributed by atoms with van der Waals surface area (Å²) in [6, 6.07) is 13.6. The largest absolute Gasteiger partial charge is 0.439 e. The van der Waals surface area contributed by atoms with E-state index < -0.39 is 0 Å². The van der Waals surface area contributed by atoms with Crippen LogP contribution < -0.4 is 15.4 Å². The van der Waals surface area contributed by atoms with E-state index in [-0.39, 0.29) is 29.8 Å². The summed E-state index contributed by atoms with van der Waals surface area (Å²) < 4.78 is 20.8. The lowest BCUT2D eigenvalue weighted by Crippen LogP contribution is -2.38. The Morgan fingerprint density at radius 2 is 1.90 bits per heavy atom. The maximum absolute atomic E-state index is 13.0. The van der Waals surface area contributed by atoms with Crippen LogP contribution in [0.1, 0.15) is 12.5 Å². The molecular weight excluding hydrogens is 484 g/mol. The zero-order valence-electron chi connectivity index (χ0n) is 16.2. The van der Waals surface area contributed by atoms with Gasteiger partial charge in [0.15, 0.2) is 5.96 Å². The van der Waals surface area contributed by atoms with Gasteiger partial charge in [-0.05, 0) is 55.0 Å². The average molecular weight is 509 g/mol. The first-order chi connectivity index (χ1) is 13.7. The minimum absolute atomic E-state index is 0. The average Bonchev–Trinajstić information content (AvgIpc) is 3.22. The molecule has 0 saturated carbocycles. The van der Waals surface area contributed by atoms with E-state index in [9.17, 15) is 4.39 Å². The number of hydrogen-bond acceptors (Lipinski definition) is 3. The van der Waals surface area contributed by atoms with Gasteiger partial charge in [-0.15, -0.1) is 24.0 Å². The number of nitrogens with one attached hydrogen (secondary N) is 2. The Kier molecular flexibility index (Phi) is 9.42. The van der Waals surface area contributed by atoms with Crippen molar-refractivity contribution in [1.29, 1.82) is 0 Å². The highest BCUT2D eigenvalue weighted by Crippen LogP contribution is 2.20.